The molecule has 0 bridgehead atoms. The van der Waals surface area contributed by atoms with Gasteiger partial charge in [-0.2, -0.15) is 5.06 Å². The first-order valence-electron chi connectivity index (χ1n) is 6.40. The number of nitrogens with two attached hydrogens (primary N) is 1. The zero-order valence-electron chi connectivity index (χ0n) is 12.4. The van der Waals surface area contributed by atoms with Crippen LogP contribution in [0.2, 0.25) is 0 Å². The average molecular weight is 303 g/mol. The van der Waals surface area contributed by atoms with Crippen molar-refractivity contribution < 1.29 is 29.2 Å². The average Bonchev–Trinajstić information content (AvgIpc) is 2.38. The van der Waals surface area contributed by atoms with Crippen molar-refractivity contribution in [3.63, 3.8) is 0 Å². The number of carbonyl (C=O) groups excluding carboxylic acids is 2. The fourth-order valence-corrected chi connectivity index (χ4v) is 1.35. The number of hydroxylamine groups is 2. The number of amidine groups is 1. The molecule has 0 aliphatic rings. The van der Waals surface area contributed by atoms with Crippen LogP contribution in [-0.2, 0) is 24.1 Å². The van der Waals surface area contributed by atoms with Crippen LogP contribution < -0.4 is 5.73 Å². The number of nitrogens with zero attached hydrogens (tertiary/aromatic N) is 2. The number of hydrogen-bond acceptors (Lipinski definition) is 7. The maximum absolute atomic E-state index is 11.0. The largest absolute Gasteiger partial charge is 0.480 e. The van der Waals surface area contributed by atoms with Gasteiger partial charge in [0.25, 0.3) is 0 Å². The molecule has 1 atom stereocenters. The summed E-state index contributed by atoms with van der Waals surface area (Å²) in [6, 6.07) is -0.914. The van der Waals surface area contributed by atoms with E-state index in [1.165, 1.54) is 25.8 Å². The van der Waals surface area contributed by atoms with Crippen LogP contribution in [0.25, 0.3) is 0 Å². The van der Waals surface area contributed by atoms with Crippen LogP contribution in [0.15, 0.2) is 5.16 Å². The lowest BCUT2D eigenvalue weighted by Crippen LogP contribution is -2.33. The maximum atomic E-state index is 11.0. The smallest absolute Gasteiger partial charge is 0.332 e. The molecule has 0 aliphatic carbocycles. The molecule has 9 nitrogen and oxygen atoms in total. The molecular formula is C12H21N3O6. The molecule has 9 heteroatoms. The monoisotopic (exact) mass is 303 g/mol. The zero-order chi connectivity index (χ0) is 16.4. The molecule has 3 N–H and O–H groups in total. The topological polar surface area (TPSA) is 132 Å². The van der Waals surface area contributed by atoms with Crippen LogP contribution in [0.1, 0.15) is 40.0 Å². The van der Waals surface area contributed by atoms with Gasteiger partial charge in [-0.05, 0) is 19.3 Å². The SMILES string of the molecule is CC(=O)O/N=C(/C)N(CCCC[C@H](N)C(=O)O)OC(C)=O. The van der Waals surface area contributed by atoms with E-state index in [0.29, 0.717) is 19.3 Å². The second-order valence-corrected chi connectivity index (χ2v) is 4.35. The van der Waals surface area contributed by atoms with Gasteiger partial charge < -0.3 is 20.5 Å². The highest BCUT2D eigenvalue weighted by Crippen LogP contribution is 2.04. The first-order valence-corrected chi connectivity index (χ1v) is 6.40. The van der Waals surface area contributed by atoms with E-state index in [2.05, 4.69) is 9.99 Å². The number of aliphatic carboxylic acids is 1. The van der Waals surface area contributed by atoms with E-state index in [-0.39, 0.29) is 12.4 Å². The van der Waals surface area contributed by atoms with Crippen molar-refractivity contribution in [3.05, 3.63) is 0 Å². The van der Waals surface area contributed by atoms with E-state index in [1.54, 1.807) is 0 Å². The highest BCUT2D eigenvalue weighted by molar-refractivity contribution is 5.80. The van der Waals surface area contributed by atoms with Gasteiger partial charge in [0, 0.05) is 20.8 Å². The standard InChI is InChI=1S/C12H21N3O6/c1-8(14-20-9(2)16)15(21-10(3)17)7-5-4-6-11(13)12(18)19/h11H,4-7,13H2,1-3H3,(H,18,19)/b14-8-/t11-/m0/s1. The van der Waals surface area contributed by atoms with Crippen LogP contribution in [0.3, 0.4) is 0 Å². The molecule has 0 saturated heterocycles. The summed E-state index contributed by atoms with van der Waals surface area (Å²) < 4.78 is 0. The third-order valence-corrected chi connectivity index (χ3v) is 2.35. The summed E-state index contributed by atoms with van der Waals surface area (Å²) in [6.45, 7) is 4.21. The van der Waals surface area contributed by atoms with Crippen molar-refractivity contribution in [1.29, 1.82) is 0 Å². The highest BCUT2D eigenvalue weighted by Gasteiger charge is 2.14. The maximum Gasteiger partial charge on any atom is 0.332 e. The fraction of sp³-hybridized carbons (Fsp3) is 0.667. The Labute approximate surface area is 122 Å². The summed E-state index contributed by atoms with van der Waals surface area (Å²) in [7, 11) is 0. The molecule has 0 rings (SSSR count). The Morgan fingerprint density at radius 1 is 1.19 bits per heavy atom. The quantitative estimate of drug-likeness (QED) is 0.225. The zero-order valence-corrected chi connectivity index (χ0v) is 12.4. The Morgan fingerprint density at radius 3 is 2.29 bits per heavy atom. The minimum Gasteiger partial charge on any atom is -0.480 e. The Balaban J connectivity index is 4.36. The molecule has 0 aromatic carbocycles. The first-order chi connectivity index (χ1) is 9.73. The van der Waals surface area contributed by atoms with Crippen LogP contribution in [0.5, 0.6) is 0 Å². The molecule has 21 heavy (non-hydrogen) atoms. The summed E-state index contributed by atoms with van der Waals surface area (Å²) in [4.78, 5) is 41.6. The molecule has 0 amide bonds. The molecule has 0 heterocycles. The molecule has 0 aromatic heterocycles. The summed E-state index contributed by atoms with van der Waals surface area (Å²) in [5.41, 5.74) is 5.38. The fourth-order valence-electron chi connectivity index (χ4n) is 1.35. The van der Waals surface area contributed by atoms with Crippen LogP contribution >= 0.6 is 0 Å². The van der Waals surface area contributed by atoms with Gasteiger partial charge in [-0.25, -0.2) is 4.79 Å². The predicted octanol–water partition coefficient (Wildman–Crippen LogP) is 0.245. The number of unbranched alkanes of at least 4 members (excludes halogenated alkanes) is 1. The second-order valence-electron chi connectivity index (χ2n) is 4.35. The summed E-state index contributed by atoms with van der Waals surface area (Å²) in [6.07, 6.45) is 1.37. The second kappa shape index (κ2) is 9.70. The van der Waals surface area contributed by atoms with E-state index in [1.807, 2.05) is 0 Å². The number of rotatable bonds is 7. The lowest BCUT2D eigenvalue weighted by molar-refractivity contribution is -0.170. The van der Waals surface area contributed by atoms with E-state index < -0.39 is 23.9 Å². The van der Waals surface area contributed by atoms with Crippen LogP contribution in [0.4, 0.5) is 0 Å². The lowest BCUT2D eigenvalue weighted by atomic mass is 10.1. The lowest BCUT2D eigenvalue weighted by Gasteiger charge is -2.21. The van der Waals surface area contributed by atoms with Gasteiger partial charge >= 0.3 is 17.9 Å². The molecule has 0 aromatic rings. The van der Waals surface area contributed by atoms with Crippen molar-refractivity contribution in [1.82, 2.24) is 5.06 Å². The first kappa shape index (κ1) is 18.8. The van der Waals surface area contributed by atoms with E-state index in [9.17, 15) is 14.4 Å². The van der Waals surface area contributed by atoms with E-state index in [4.69, 9.17) is 15.7 Å². The predicted molar refractivity (Wildman–Crippen MR) is 72.8 cm³/mol. The van der Waals surface area contributed by atoms with Gasteiger partial charge in [0.15, 0.2) is 5.84 Å². The summed E-state index contributed by atoms with van der Waals surface area (Å²) in [5.74, 6) is -2.00. The van der Waals surface area contributed by atoms with Crippen LogP contribution in [0, 0.1) is 0 Å². The number of hydrogen-bond donors (Lipinski definition) is 2. The Kier molecular flexibility index (Phi) is 8.70. The number of carboxylic acids is 1. The van der Waals surface area contributed by atoms with Crippen molar-refractivity contribution in [2.24, 2.45) is 10.9 Å². The molecule has 0 fully saturated rings. The van der Waals surface area contributed by atoms with Crippen molar-refractivity contribution in [3.8, 4) is 0 Å². The van der Waals surface area contributed by atoms with Gasteiger partial charge in [0.05, 0.1) is 6.54 Å². The third kappa shape index (κ3) is 9.38. The molecule has 0 saturated carbocycles. The van der Waals surface area contributed by atoms with Gasteiger partial charge in [-0.3, -0.25) is 9.59 Å². The molecule has 120 valence electrons. The minimum absolute atomic E-state index is 0.197. The number of carboxylic acid groups (broad SMARTS) is 1. The highest BCUT2D eigenvalue weighted by atomic mass is 16.7. The van der Waals surface area contributed by atoms with E-state index >= 15 is 0 Å². The molecule has 0 unspecified atom stereocenters. The van der Waals surface area contributed by atoms with Crippen molar-refractivity contribution in [2.75, 3.05) is 6.54 Å². The van der Waals surface area contributed by atoms with E-state index in [0.717, 1.165) is 0 Å². The van der Waals surface area contributed by atoms with Gasteiger partial charge in [0.1, 0.15) is 6.04 Å². The van der Waals surface area contributed by atoms with Crippen LogP contribution in [-0.4, -0.2) is 46.5 Å². The molecule has 0 spiro atoms. The normalized spacial score (nSPS) is 12.5. The van der Waals surface area contributed by atoms with Gasteiger partial charge in [-0.15, -0.1) is 0 Å². The van der Waals surface area contributed by atoms with Crippen molar-refractivity contribution >= 4 is 23.7 Å². The molecule has 0 radical (unpaired) electrons. The third-order valence-electron chi connectivity index (χ3n) is 2.35. The number of carbonyl (C=O) groups is 3. The summed E-state index contributed by atoms with van der Waals surface area (Å²) >= 11 is 0. The Hall–Kier alpha value is -2.16. The van der Waals surface area contributed by atoms with Gasteiger partial charge in [0.2, 0.25) is 0 Å². The molecule has 0 aliphatic heterocycles. The summed E-state index contributed by atoms with van der Waals surface area (Å²) in [5, 5.41) is 13.3. The van der Waals surface area contributed by atoms with Gasteiger partial charge in [-0.1, -0.05) is 5.16 Å². The number of oxime groups is 1. The van der Waals surface area contributed by atoms with Crippen molar-refractivity contribution in [2.45, 2.75) is 46.1 Å². The molecular weight excluding hydrogens is 282 g/mol. The minimum atomic E-state index is -1.06. The Morgan fingerprint density at radius 2 is 1.81 bits per heavy atom. The Bertz CT molecular complexity index is 410.